The summed E-state index contributed by atoms with van der Waals surface area (Å²) in [7, 11) is -3.97. The van der Waals surface area contributed by atoms with Crippen molar-refractivity contribution < 1.29 is 17.9 Å². The summed E-state index contributed by atoms with van der Waals surface area (Å²) < 4.78 is 38.9. The molecule has 4 rings (SSSR count). The van der Waals surface area contributed by atoms with Gasteiger partial charge >= 0.3 is 0 Å². The van der Waals surface area contributed by atoms with Crippen LogP contribution in [0.15, 0.2) is 105 Å². The van der Waals surface area contributed by atoms with E-state index in [0.29, 0.717) is 23.0 Å². The maximum atomic E-state index is 13.5. The van der Waals surface area contributed by atoms with Gasteiger partial charge in [0.15, 0.2) is 11.5 Å². The summed E-state index contributed by atoms with van der Waals surface area (Å²) in [6, 6.07) is 23.6. The third-order valence-corrected chi connectivity index (χ3v) is 7.18. The normalized spacial score (nSPS) is 10.6. The van der Waals surface area contributed by atoms with Crippen LogP contribution in [0.4, 0.5) is 11.4 Å². The molecular formula is C28H20N2O4S3. The molecule has 0 aromatic heterocycles. The number of rotatable bonds is 8. The quantitative estimate of drug-likeness (QED) is 0.164. The zero-order valence-corrected chi connectivity index (χ0v) is 22.3. The van der Waals surface area contributed by atoms with Gasteiger partial charge in [0, 0.05) is 0 Å². The lowest BCUT2D eigenvalue weighted by Gasteiger charge is -2.12. The minimum absolute atomic E-state index is 0.00210. The first kappa shape index (κ1) is 26.1. The van der Waals surface area contributed by atoms with E-state index in [9.17, 15) is 8.42 Å². The van der Waals surface area contributed by atoms with Crippen molar-refractivity contribution in [2.24, 2.45) is 9.98 Å². The van der Waals surface area contributed by atoms with Gasteiger partial charge in [-0.2, -0.15) is 9.98 Å². The molecule has 0 aliphatic carbocycles. The Morgan fingerprint density at radius 2 is 1.08 bits per heavy atom. The first-order valence-electron chi connectivity index (χ1n) is 11.0. The van der Waals surface area contributed by atoms with Gasteiger partial charge in [0.05, 0.1) is 20.1 Å². The zero-order chi connectivity index (χ0) is 26.4. The highest BCUT2D eigenvalue weighted by molar-refractivity contribution is 7.91. The van der Waals surface area contributed by atoms with Crippen LogP contribution >= 0.6 is 24.4 Å². The number of aryl methyl sites for hydroxylation is 2. The smallest absolute Gasteiger partial charge is 0.206 e. The Hall–Kier alpha value is -3.97. The summed E-state index contributed by atoms with van der Waals surface area (Å²) in [6.07, 6.45) is 0. The van der Waals surface area contributed by atoms with Crippen LogP contribution in [0.2, 0.25) is 0 Å². The Morgan fingerprint density at radius 3 is 1.46 bits per heavy atom. The molecule has 6 nitrogen and oxygen atoms in total. The predicted octanol–water partition coefficient (Wildman–Crippen LogP) is 8.19. The topological polar surface area (TPSA) is 77.3 Å². The molecule has 4 aromatic carbocycles. The minimum Gasteiger partial charge on any atom is -0.455 e. The number of ether oxygens (including phenoxy) is 2. The molecule has 0 fully saturated rings. The van der Waals surface area contributed by atoms with Crippen molar-refractivity contribution in [3.63, 3.8) is 0 Å². The van der Waals surface area contributed by atoms with Gasteiger partial charge in [0.2, 0.25) is 9.84 Å². The van der Waals surface area contributed by atoms with Gasteiger partial charge < -0.3 is 9.47 Å². The number of benzene rings is 4. The van der Waals surface area contributed by atoms with Crippen LogP contribution in [0.1, 0.15) is 11.1 Å². The van der Waals surface area contributed by atoms with Crippen molar-refractivity contribution in [2.45, 2.75) is 23.6 Å². The fourth-order valence-electron chi connectivity index (χ4n) is 3.52. The number of hydrogen-bond donors (Lipinski definition) is 0. The number of aliphatic imine (C=N–C) groups is 2. The molecule has 0 spiro atoms. The lowest BCUT2D eigenvalue weighted by atomic mass is 10.2. The Balaban J connectivity index is 1.71. The molecule has 0 saturated carbocycles. The Kier molecular flexibility index (Phi) is 8.04. The molecule has 37 heavy (non-hydrogen) atoms. The van der Waals surface area contributed by atoms with E-state index in [0.717, 1.165) is 11.1 Å². The molecule has 0 aliphatic heterocycles. The van der Waals surface area contributed by atoms with Crippen LogP contribution in [0.5, 0.6) is 23.0 Å². The second kappa shape index (κ2) is 11.4. The highest BCUT2D eigenvalue weighted by Crippen LogP contribution is 2.38. The standard InChI is InChI=1S/C28H20N2O4S3/c1-19-5-3-7-21(13-19)33-27-11-9-23(15-25(27)29-17-35)37(31,32)24-10-12-28(26(16-24)30-18-36)34-22-8-4-6-20(2)14-22/h3-16H,1-2H3. The van der Waals surface area contributed by atoms with E-state index < -0.39 is 9.84 Å². The van der Waals surface area contributed by atoms with E-state index in [4.69, 9.17) is 33.9 Å². The fraction of sp³-hybridized carbons (Fsp3) is 0.0714. The van der Waals surface area contributed by atoms with Gasteiger partial charge in [-0.3, -0.25) is 0 Å². The molecule has 0 saturated heterocycles. The second-order valence-electron chi connectivity index (χ2n) is 8.01. The van der Waals surface area contributed by atoms with Crippen LogP contribution < -0.4 is 9.47 Å². The summed E-state index contributed by atoms with van der Waals surface area (Å²) in [4.78, 5) is 8.04. The average Bonchev–Trinajstić information content (AvgIpc) is 2.86. The molecule has 184 valence electrons. The number of sulfone groups is 1. The van der Waals surface area contributed by atoms with Crippen LogP contribution in [0.3, 0.4) is 0 Å². The molecule has 9 heteroatoms. The van der Waals surface area contributed by atoms with Gasteiger partial charge in [-0.25, -0.2) is 8.42 Å². The van der Waals surface area contributed by atoms with Crippen LogP contribution in [0, 0.1) is 13.8 Å². The number of nitrogens with zero attached hydrogens (tertiary/aromatic N) is 2. The van der Waals surface area contributed by atoms with E-state index in [1.807, 2.05) is 50.2 Å². The third-order valence-electron chi connectivity index (χ3n) is 5.25. The van der Waals surface area contributed by atoms with Crippen molar-refractivity contribution in [3.05, 3.63) is 96.1 Å². The molecule has 0 radical (unpaired) electrons. The molecule has 0 atom stereocenters. The molecule has 0 N–H and O–H groups in total. The van der Waals surface area contributed by atoms with Crippen molar-refractivity contribution in [3.8, 4) is 23.0 Å². The molecule has 0 bridgehead atoms. The minimum atomic E-state index is -3.97. The zero-order valence-electron chi connectivity index (χ0n) is 19.8. The van der Waals surface area contributed by atoms with Crippen molar-refractivity contribution >= 4 is 56.0 Å². The third kappa shape index (κ3) is 6.24. The van der Waals surface area contributed by atoms with Gasteiger partial charge in [0.25, 0.3) is 0 Å². The van der Waals surface area contributed by atoms with Gasteiger partial charge in [-0.15, -0.1) is 0 Å². The lowest BCUT2D eigenvalue weighted by molar-refractivity contribution is 0.483. The maximum absolute atomic E-state index is 13.5. The number of hydrogen-bond acceptors (Lipinski definition) is 8. The van der Waals surface area contributed by atoms with Crippen molar-refractivity contribution in [1.29, 1.82) is 0 Å². The van der Waals surface area contributed by atoms with E-state index in [1.54, 1.807) is 12.1 Å². The van der Waals surface area contributed by atoms with E-state index in [2.05, 4.69) is 20.3 Å². The molecule has 0 heterocycles. The molecule has 0 amide bonds. The summed E-state index contributed by atoms with van der Waals surface area (Å²) in [5.74, 6) is 1.86. The fourth-order valence-corrected chi connectivity index (χ4v) is 5.02. The summed E-state index contributed by atoms with van der Waals surface area (Å²) in [5.41, 5.74) is 2.49. The van der Waals surface area contributed by atoms with E-state index in [-0.39, 0.29) is 21.2 Å². The maximum Gasteiger partial charge on any atom is 0.206 e. The van der Waals surface area contributed by atoms with Gasteiger partial charge in [-0.05, 0) is 110 Å². The van der Waals surface area contributed by atoms with Crippen LogP contribution in [-0.2, 0) is 9.84 Å². The van der Waals surface area contributed by atoms with Crippen molar-refractivity contribution in [2.75, 3.05) is 0 Å². The number of isothiocyanates is 2. The van der Waals surface area contributed by atoms with Crippen molar-refractivity contribution in [1.82, 2.24) is 0 Å². The Labute approximate surface area is 225 Å². The lowest BCUT2D eigenvalue weighted by Crippen LogP contribution is -2.02. The molecule has 0 unspecified atom stereocenters. The largest absolute Gasteiger partial charge is 0.455 e. The van der Waals surface area contributed by atoms with Crippen LogP contribution in [0.25, 0.3) is 0 Å². The summed E-state index contributed by atoms with van der Waals surface area (Å²) in [5, 5.41) is 4.57. The highest BCUT2D eigenvalue weighted by atomic mass is 32.2. The Morgan fingerprint density at radius 1 is 0.649 bits per heavy atom. The average molecular weight is 545 g/mol. The highest BCUT2D eigenvalue weighted by Gasteiger charge is 2.22. The summed E-state index contributed by atoms with van der Waals surface area (Å²) in [6.45, 7) is 3.88. The SMILES string of the molecule is Cc1cccc(Oc2ccc(S(=O)(=O)c3ccc(Oc4cccc(C)c4)c(N=C=S)c3)cc2N=C=S)c1. The first-order chi connectivity index (χ1) is 17.8. The summed E-state index contributed by atoms with van der Waals surface area (Å²) >= 11 is 9.53. The number of thiocarbonyl (C=S) groups is 2. The molecule has 0 aliphatic rings. The molecule has 4 aromatic rings. The van der Waals surface area contributed by atoms with Crippen LogP contribution in [-0.4, -0.2) is 18.7 Å². The molecular weight excluding hydrogens is 525 g/mol. The van der Waals surface area contributed by atoms with Gasteiger partial charge in [0.1, 0.15) is 22.9 Å². The first-order valence-corrected chi connectivity index (χ1v) is 13.3. The van der Waals surface area contributed by atoms with E-state index >= 15 is 0 Å². The predicted molar refractivity (Wildman–Crippen MR) is 150 cm³/mol. The monoisotopic (exact) mass is 544 g/mol. The second-order valence-corrected chi connectivity index (χ2v) is 10.3. The van der Waals surface area contributed by atoms with E-state index in [1.165, 1.54) is 36.4 Å². The van der Waals surface area contributed by atoms with Gasteiger partial charge in [-0.1, -0.05) is 24.3 Å². The Bertz CT molecular complexity index is 1570.